The third-order valence-corrected chi connectivity index (χ3v) is 2.21. The van der Waals surface area contributed by atoms with Crippen molar-refractivity contribution in [3.63, 3.8) is 0 Å². The van der Waals surface area contributed by atoms with Crippen LogP contribution in [-0.2, 0) is 0 Å². The Labute approximate surface area is 95.9 Å². The first kappa shape index (κ1) is 11.3. The molecule has 0 atom stereocenters. The van der Waals surface area contributed by atoms with Crippen molar-refractivity contribution in [1.82, 2.24) is 0 Å². The molecule has 0 radical (unpaired) electrons. The van der Waals surface area contributed by atoms with Gasteiger partial charge >= 0.3 is 0 Å². The second-order valence-corrected chi connectivity index (χ2v) is 3.49. The number of benzene rings is 2. The molecule has 2 nitrogen and oxygen atoms in total. The maximum absolute atomic E-state index is 13.3. The zero-order valence-corrected chi connectivity index (χ0v) is 8.68. The van der Waals surface area contributed by atoms with Gasteiger partial charge in [0.15, 0.2) is 0 Å². The van der Waals surface area contributed by atoms with Crippen molar-refractivity contribution in [3.8, 4) is 0 Å². The monoisotopic (exact) mass is 238 g/mol. The van der Waals surface area contributed by atoms with Crippen molar-refractivity contribution >= 4 is 17.1 Å². The van der Waals surface area contributed by atoms with Crippen LogP contribution in [0.5, 0.6) is 0 Å². The standard InChI is InChI=1S/C12H9F3N2/c13-7-1-4-12(10(15)5-7)17-8-2-3-11(16)9(14)6-8/h1-6,17H,16H2. The summed E-state index contributed by atoms with van der Waals surface area (Å²) in [4.78, 5) is 0. The lowest BCUT2D eigenvalue weighted by Crippen LogP contribution is -1.97. The van der Waals surface area contributed by atoms with Gasteiger partial charge in [0.05, 0.1) is 11.4 Å². The van der Waals surface area contributed by atoms with Gasteiger partial charge in [0, 0.05) is 11.8 Å². The summed E-state index contributed by atoms with van der Waals surface area (Å²) in [7, 11) is 0. The molecule has 0 fully saturated rings. The minimum Gasteiger partial charge on any atom is -0.396 e. The van der Waals surface area contributed by atoms with Gasteiger partial charge in [0.2, 0.25) is 0 Å². The smallest absolute Gasteiger partial charge is 0.149 e. The molecule has 2 rings (SSSR count). The fourth-order valence-corrected chi connectivity index (χ4v) is 1.35. The number of nitrogens with two attached hydrogens (primary N) is 1. The van der Waals surface area contributed by atoms with Gasteiger partial charge in [0.25, 0.3) is 0 Å². The molecule has 0 aliphatic heterocycles. The normalized spacial score (nSPS) is 10.3. The zero-order valence-electron chi connectivity index (χ0n) is 8.68. The van der Waals surface area contributed by atoms with Crippen LogP contribution in [0.3, 0.4) is 0 Å². The molecule has 0 aliphatic carbocycles. The number of halogens is 3. The van der Waals surface area contributed by atoms with Gasteiger partial charge < -0.3 is 11.1 Å². The predicted octanol–water partition coefficient (Wildman–Crippen LogP) is 3.43. The predicted molar refractivity (Wildman–Crippen MR) is 60.5 cm³/mol. The summed E-state index contributed by atoms with van der Waals surface area (Å²) in [6.07, 6.45) is 0. The fraction of sp³-hybridized carbons (Fsp3) is 0. The van der Waals surface area contributed by atoms with Crippen molar-refractivity contribution in [2.24, 2.45) is 0 Å². The van der Waals surface area contributed by atoms with Gasteiger partial charge in [-0.25, -0.2) is 13.2 Å². The molecular formula is C12H9F3N2. The maximum atomic E-state index is 13.3. The molecule has 0 spiro atoms. The minimum absolute atomic E-state index is 0.00938. The number of hydrogen-bond donors (Lipinski definition) is 2. The van der Waals surface area contributed by atoms with Crippen LogP contribution in [0.2, 0.25) is 0 Å². The zero-order chi connectivity index (χ0) is 12.4. The van der Waals surface area contributed by atoms with Crippen LogP contribution >= 0.6 is 0 Å². The molecule has 2 aromatic carbocycles. The molecule has 0 aromatic heterocycles. The highest BCUT2D eigenvalue weighted by Gasteiger charge is 2.05. The second kappa shape index (κ2) is 4.37. The molecule has 0 heterocycles. The topological polar surface area (TPSA) is 38.0 Å². The molecule has 0 aliphatic rings. The average molecular weight is 238 g/mol. The van der Waals surface area contributed by atoms with Gasteiger partial charge in [-0.2, -0.15) is 0 Å². The largest absolute Gasteiger partial charge is 0.396 e. The summed E-state index contributed by atoms with van der Waals surface area (Å²) in [5, 5.41) is 2.63. The van der Waals surface area contributed by atoms with Gasteiger partial charge in [-0.15, -0.1) is 0 Å². The molecule has 0 saturated carbocycles. The minimum atomic E-state index is -0.748. The van der Waals surface area contributed by atoms with Crippen molar-refractivity contribution in [2.75, 3.05) is 11.1 Å². The number of rotatable bonds is 2. The lowest BCUT2D eigenvalue weighted by atomic mass is 10.2. The Bertz CT molecular complexity index is 555. The van der Waals surface area contributed by atoms with Gasteiger partial charge in [-0.1, -0.05) is 0 Å². The second-order valence-electron chi connectivity index (χ2n) is 3.49. The van der Waals surface area contributed by atoms with Crippen LogP contribution in [0.1, 0.15) is 0 Å². The first-order chi connectivity index (χ1) is 8.06. The van der Waals surface area contributed by atoms with Gasteiger partial charge in [-0.3, -0.25) is 0 Å². The number of anilines is 3. The Morgan fingerprint density at radius 1 is 0.882 bits per heavy atom. The van der Waals surface area contributed by atoms with E-state index in [0.717, 1.165) is 18.2 Å². The molecule has 0 bridgehead atoms. The van der Waals surface area contributed by atoms with E-state index < -0.39 is 17.5 Å². The lowest BCUT2D eigenvalue weighted by molar-refractivity contribution is 0.586. The fourth-order valence-electron chi connectivity index (χ4n) is 1.35. The van der Waals surface area contributed by atoms with Crippen LogP contribution in [0.4, 0.5) is 30.2 Å². The Kier molecular flexibility index (Phi) is 2.91. The van der Waals surface area contributed by atoms with Crippen LogP contribution in [0, 0.1) is 17.5 Å². The van der Waals surface area contributed by atoms with Crippen LogP contribution in [-0.4, -0.2) is 0 Å². The molecule has 5 heteroatoms. The molecule has 2 aromatic rings. The summed E-state index contributed by atoms with van der Waals surface area (Å²) >= 11 is 0. The highest BCUT2D eigenvalue weighted by molar-refractivity contribution is 5.62. The highest BCUT2D eigenvalue weighted by Crippen LogP contribution is 2.22. The summed E-state index contributed by atoms with van der Waals surface area (Å²) < 4.78 is 39.1. The summed E-state index contributed by atoms with van der Waals surface area (Å²) in [5.74, 6) is -2.02. The molecule has 3 N–H and O–H groups in total. The lowest BCUT2D eigenvalue weighted by Gasteiger charge is -2.08. The Hall–Kier alpha value is -2.17. The van der Waals surface area contributed by atoms with Crippen LogP contribution in [0.25, 0.3) is 0 Å². The molecule has 0 unspecified atom stereocenters. The molecule has 0 saturated heterocycles. The highest BCUT2D eigenvalue weighted by atomic mass is 19.1. The van der Waals surface area contributed by atoms with E-state index in [0.29, 0.717) is 5.69 Å². The van der Waals surface area contributed by atoms with E-state index in [-0.39, 0.29) is 11.4 Å². The van der Waals surface area contributed by atoms with E-state index >= 15 is 0 Å². The molecule has 88 valence electrons. The van der Waals surface area contributed by atoms with Gasteiger partial charge in [-0.05, 0) is 30.3 Å². The van der Waals surface area contributed by atoms with E-state index in [4.69, 9.17) is 5.73 Å². The van der Waals surface area contributed by atoms with E-state index in [1.807, 2.05) is 0 Å². The van der Waals surface area contributed by atoms with E-state index in [9.17, 15) is 13.2 Å². The summed E-state index contributed by atoms with van der Waals surface area (Å²) in [6, 6.07) is 7.09. The first-order valence-corrected chi connectivity index (χ1v) is 4.83. The quantitative estimate of drug-likeness (QED) is 0.786. The number of nitrogen functional groups attached to an aromatic ring is 1. The number of hydrogen-bond acceptors (Lipinski definition) is 2. The molecule has 17 heavy (non-hydrogen) atoms. The number of nitrogens with one attached hydrogen (secondary N) is 1. The van der Waals surface area contributed by atoms with Crippen molar-refractivity contribution in [2.45, 2.75) is 0 Å². The third kappa shape index (κ3) is 2.50. The van der Waals surface area contributed by atoms with Gasteiger partial charge in [0.1, 0.15) is 17.5 Å². The van der Waals surface area contributed by atoms with Crippen molar-refractivity contribution in [1.29, 1.82) is 0 Å². The first-order valence-electron chi connectivity index (χ1n) is 4.83. The summed E-state index contributed by atoms with van der Waals surface area (Å²) in [6.45, 7) is 0. The van der Waals surface area contributed by atoms with Crippen LogP contribution < -0.4 is 11.1 Å². The maximum Gasteiger partial charge on any atom is 0.149 e. The Balaban J connectivity index is 2.28. The average Bonchev–Trinajstić information content (AvgIpc) is 2.27. The van der Waals surface area contributed by atoms with Crippen molar-refractivity contribution in [3.05, 3.63) is 53.8 Å². The molecule has 0 amide bonds. The SMILES string of the molecule is Nc1ccc(Nc2ccc(F)cc2F)cc1F. The Morgan fingerprint density at radius 3 is 2.29 bits per heavy atom. The third-order valence-electron chi connectivity index (χ3n) is 2.21. The summed E-state index contributed by atoms with van der Waals surface area (Å²) in [5.41, 5.74) is 5.72. The van der Waals surface area contributed by atoms with Crippen molar-refractivity contribution < 1.29 is 13.2 Å². The Morgan fingerprint density at radius 2 is 1.65 bits per heavy atom. The van der Waals surface area contributed by atoms with E-state index in [1.165, 1.54) is 18.2 Å². The van der Waals surface area contributed by atoms with Crippen LogP contribution in [0.15, 0.2) is 36.4 Å². The van der Waals surface area contributed by atoms with E-state index in [2.05, 4.69) is 5.32 Å². The van der Waals surface area contributed by atoms with E-state index in [1.54, 1.807) is 0 Å². The molecular weight excluding hydrogens is 229 g/mol.